The van der Waals surface area contributed by atoms with Crippen LogP contribution in [0.4, 0.5) is 4.39 Å². The van der Waals surface area contributed by atoms with E-state index in [0.29, 0.717) is 29.9 Å². The number of hydrogen-bond acceptors (Lipinski definition) is 5. The molecule has 0 radical (unpaired) electrons. The lowest BCUT2D eigenvalue weighted by Gasteiger charge is -2.20. The number of fused-ring (bicyclic) bond motifs is 1. The molecule has 1 aliphatic rings. The second-order valence-electron chi connectivity index (χ2n) is 6.34. The van der Waals surface area contributed by atoms with Gasteiger partial charge in [0.15, 0.2) is 0 Å². The van der Waals surface area contributed by atoms with Crippen LogP contribution < -0.4 is 0 Å². The minimum atomic E-state index is -0.524. The molecule has 6 nitrogen and oxygen atoms in total. The van der Waals surface area contributed by atoms with Crippen molar-refractivity contribution in [3.8, 4) is 5.69 Å². The molecule has 1 aliphatic heterocycles. The summed E-state index contributed by atoms with van der Waals surface area (Å²) in [7, 11) is 1.31. The molecule has 0 spiro atoms. The van der Waals surface area contributed by atoms with Gasteiger partial charge >= 0.3 is 5.97 Å². The van der Waals surface area contributed by atoms with Crippen molar-refractivity contribution < 1.29 is 18.7 Å². The highest BCUT2D eigenvalue weighted by molar-refractivity contribution is 6.30. The van der Waals surface area contributed by atoms with Gasteiger partial charge in [-0.3, -0.25) is 0 Å². The molecular weight excluding hydrogens is 373 g/mol. The normalized spacial score (nSPS) is 15.2. The zero-order valence-corrected chi connectivity index (χ0v) is 15.4. The number of halogens is 2. The Morgan fingerprint density at radius 3 is 2.78 bits per heavy atom. The fraction of sp³-hybridized carbons (Fsp3) is 0.316. The fourth-order valence-electron chi connectivity index (χ4n) is 3.30. The minimum Gasteiger partial charge on any atom is -0.464 e. The maximum atomic E-state index is 14.0. The van der Waals surface area contributed by atoms with Crippen LogP contribution in [0.2, 0.25) is 5.02 Å². The summed E-state index contributed by atoms with van der Waals surface area (Å²) in [4.78, 5) is 16.4. The van der Waals surface area contributed by atoms with Gasteiger partial charge in [-0.05, 0) is 37.1 Å². The Balaban J connectivity index is 1.91. The smallest absolute Gasteiger partial charge is 0.356 e. The van der Waals surface area contributed by atoms with Crippen LogP contribution in [0.3, 0.4) is 0 Å². The number of esters is 1. The van der Waals surface area contributed by atoms with Crippen LogP contribution in [0.15, 0.2) is 30.3 Å². The van der Waals surface area contributed by atoms with Gasteiger partial charge in [-0.2, -0.15) is 5.10 Å². The number of methoxy groups -OCH3 is 1. The summed E-state index contributed by atoms with van der Waals surface area (Å²) in [6.45, 7) is 1.29. The summed E-state index contributed by atoms with van der Waals surface area (Å²) in [5, 5.41) is 4.76. The summed E-state index contributed by atoms with van der Waals surface area (Å²) in [6.07, 6.45) is 1.62. The van der Waals surface area contributed by atoms with Crippen molar-refractivity contribution in [3.05, 3.63) is 52.6 Å². The molecule has 0 N–H and O–H groups in total. The van der Waals surface area contributed by atoms with Gasteiger partial charge in [-0.15, -0.1) is 0 Å². The Bertz CT molecular complexity index is 1010. The monoisotopic (exact) mass is 389 g/mol. The van der Waals surface area contributed by atoms with Crippen molar-refractivity contribution in [2.75, 3.05) is 20.3 Å². The van der Waals surface area contributed by atoms with Gasteiger partial charge in [0.25, 0.3) is 0 Å². The molecule has 4 rings (SSSR count). The van der Waals surface area contributed by atoms with E-state index in [1.807, 2.05) is 0 Å². The predicted octanol–water partition coefficient (Wildman–Crippen LogP) is 3.89. The molecule has 140 valence electrons. The van der Waals surface area contributed by atoms with E-state index >= 15 is 0 Å². The van der Waals surface area contributed by atoms with Gasteiger partial charge in [0.05, 0.1) is 29.0 Å². The standard InChI is InChI=1S/C19H17ClFN3O3/c1-26-19(25)15-4-5-16-18(22-15)17(11-6-8-27-9-7-11)23-24(16)12-2-3-13(20)14(21)10-12/h2-5,10-11H,6-9H2,1H3. The van der Waals surface area contributed by atoms with Crippen molar-refractivity contribution in [1.82, 2.24) is 14.8 Å². The van der Waals surface area contributed by atoms with E-state index in [4.69, 9.17) is 26.2 Å². The average Bonchev–Trinajstić information content (AvgIpc) is 3.09. The summed E-state index contributed by atoms with van der Waals surface area (Å²) in [5.74, 6) is -0.885. The Labute approximate surface area is 159 Å². The first-order valence-corrected chi connectivity index (χ1v) is 8.97. The number of hydrogen-bond donors (Lipinski definition) is 0. The zero-order chi connectivity index (χ0) is 19.0. The van der Waals surface area contributed by atoms with Crippen LogP contribution in [0.5, 0.6) is 0 Å². The van der Waals surface area contributed by atoms with E-state index in [-0.39, 0.29) is 16.6 Å². The topological polar surface area (TPSA) is 66.2 Å². The third kappa shape index (κ3) is 3.28. The molecule has 3 heterocycles. The Hall–Kier alpha value is -2.51. The van der Waals surface area contributed by atoms with Crippen molar-refractivity contribution in [3.63, 3.8) is 0 Å². The number of ether oxygens (including phenoxy) is 2. The third-order valence-corrected chi connectivity index (χ3v) is 5.01. The van der Waals surface area contributed by atoms with Gasteiger partial charge in [-0.1, -0.05) is 11.6 Å². The molecule has 0 unspecified atom stereocenters. The Morgan fingerprint density at radius 2 is 2.07 bits per heavy atom. The van der Waals surface area contributed by atoms with Crippen LogP contribution in [0.25, 0.3) is 16.7 Å². The van der Waals surface area contributed by atoms with Gasteiger partial charge < -0.3 is 9.47 Å². The highest BCUT2D eigenvalue weighted by Gasteiger charge is 2.25. The second kappa shape index (κ2) is 7.25. The van der Waals surface area contributed by atoms with E-state index in [0.717, 1.165) is 18.5 Å². The summed E-state index contributed by atoms with van der Waals surface area (Å²) < 4.78 is 25.8. The first kappa shape index (κ1) is 17.9. The zero-order valence-electron chi connectivity index (χ0n) is 14.6. The quantitative estimate of drug-likeness (QED) is 0.636. The number of carbonyl (C=O) groups excluding carboxylic acids is 1. The maximum absolute atomic E-state index is 14.0. The maximum Gasteiger partial charge on any atom is 0.356 e. The number of pyridine rings is 1. The van der Waals surface area contributed by atoms with Crippen LogP contribution in [-0.4, -0.2) is 41.1 Å². The molecule has 1 saturated heterocycles. The molecule has 1 aromatic carbocycles. The molecule has 0 saturated carbocycles. The van der Waals surface area contributed by atoms with Gasteiger partial charge in [-0.25, -0.2) is 18.9 Å². The highest BCUT2D eigenvalue weighted by Crippen LogP contribution is 2.32. The molecule has 0 bridgehead atoms. The Morgan fingerprint density at radius 1 is 1.30 bits per heavy atom. The van der Waals surface area contributed by atoms with Gasteiger partial charge in [0, 0.05) is 25.2 Å². The van der Waals surface area contributed by atoms with E-state index in [1.54, 1.807) is 22.9 Å². The molecule has 27 heavy (non-hydrogen) atoms. The molecule has 0 aliphatic carbocycles. The number of benzene rings is 1. The summed E-state index contributed by atoms with van der Waals surface area (Å²) >= 11 is 5.80. The molecule has 0 atom stereocenters. The highest BCUT2D eigenvalue weighted by atomic mass is 35.5. The van der Waals surface area contributed by atoms with Crippen LogP contribution in [0.1, 0.15) is 34.9 Å². The third-order valence-electron chi connectivity index (χ3n) is 4.70. The van der Waals surface area contributed by atoms with Crippen molar-refractivity contribution in [1.29, 1.82) is 0 Å². The summed E-state index contributed by atoms with van der Waals surface area (Å²) in [5.41, 5.74) is 2.81. The lowest BCUT2D eigenvalue weighted by Crippen LogP contribution is -2.15. The number of nitrogens with zero attached hydrogens (tertiary/aromatic N) is 3. The van der Waals surface area contributed by atoms with Crippen molar-refractivity contribution in [2.24, 2.45) is 0 Å². The van der Waals surface area contributed by atoms with Gasteiger partial charge in [0.1, 0.15) is 17.0 Å². The largest absolute Gasteiger partial charge is 0.464 e. The molecule has 2 aromatic heterocycles. The summed E-state index contributed by atoms with van der Waals surface area (Å²) in [6, 6.07) is 7.84. The van der Waals surface area contributed by atoms with E-state index in [9.17, 15) is 9.18 Å². The van der Waals surface area contributed by atoms with Crippen LogP contribution >= 0.6 is 11.6 Å². The second-order valence-corrected chi connectivity index (χ2v) is 6.75. The molecule has 0 amide bonds. The van der Waals surface area contributed by atoms with E-state index in [1.165, 1.54) is 19.2 Å². The van der Waals surface area contributed by atoms with Crippen molar-refractivity contribution >= 4 is 28.6 Å². The first-order valence-electron chi connectivity index (χ1n) is 8.59. The minimum absolute atomic E-state index is 0.0472. The van der Waals surface area contributed by atoms with Gasteiger partial charge in [0.2, 0.25) is 0 Å². The fourth-order valence-corrected chi connectivity index (χ4v) is 3.42. The lowest BCUT2D eigenvalue weighted by molar-refractivity contribution is 0.0594. The molecular formula is C19H17ClFN3O3. The van der Waals surface area contributed by atoms with Crippen LogP contribution in [-0.2, 0) is 9.47 Å². The van der Waals surface area contributed by atoms with E-state index < -0.39 is 11.8 Å². The van der Waals surface area contributed by atoms with Crippen LogP contribution in [0, 0.1) is 5.82 Å². The molecule has 1 fully saturated rings. The molecule has 3 aromatic rings. The number of rotatable bonds is 3. The predicted molar refractivity (Wildman–Crippen MR) is 98.0 cm³/mol. The Kier molecular flexibility index (Phi) is 4.80. The first-order chi connectivity index (χ1) is 13.1. The lowest BCUT2D eigenvalue weighted by atomic mass is 9.96. The number of carbonyl (C=O) groups is 1. The number of aromatic nitrogens is 3. The average molecular weight is 390 g/mol. The van der Waals surface area contributed by atoms with E-state index in [2.05, 4.69) is 4.98 Å². The SMILES string of the molecule is COC(=O)c1ccc2c(n1)c(C1CCOCC1)nn2-c1ccc(Cl)c(F)c1. The molecule has 8 heteroatoms. The van der Waals surface area contributed by atoms with Crippen molar-refractivity contribution in [2.45, 2.75) is 18.8 Å².